The lowest BCUT2D eigenvalue weighted by atomic mass is 10.2. The lowest BCUT2D eigenvalue weighted by Gasteiger charge is -2.20. The second-order valence-corrected chi connectivity index (χ2v) is 5.71. The smallest absolute Gasteiger partial charge is 0.417 e. The highest BCUT2D eigenvalue weighted by atomic mass is 16.6. The van der Waals surface area contributed by atoms with Crippen molar-refractivity contribution in [2.75, 3.05) is 26.3 Å². The minimum Gasteiger partial charge on any atom is -0.484 e. The van der Waals surface area contributed by atoms with E-state index >= 15 is 0 Å². The average molecular weight is 318 g/mol. The Hall–Kier alpha value is -2.57. The molecule has 7 nitrogen and oxygen atoms in total. The van der Waals surface area contributed by atoms with Gasteiger partial charge in [-0.05, 0) is 31.0 Å². The van der Waals surface area contributed by atoms with Crippen LogP contribution in [-0.4, -0.2) is 60.1 Å². The molecule has 0 aromatic heterocycles. The lowest BCUT2D eigenvalue weighted by Crippen LogP contribution is -2.42. The number of rotatable bonds is 4. The molecule has 0 aliphatic carbocycles. The third-order valence-corrected chi connectivity index (χ3v) is 4.02. The van der Waals surface area contributed by atoms with E-state index in [1.54, 1.807) is 11.0 Å². The number of ether oxygens (including phenoxy) is 2. The van der Waals surface area contributed by atoms with Crippen LogP contribution >= 0.6 is 0 Å². The van der Waals surface area contributed by atoms with Crippen molar-refractivity contribution in [3.05, 3.63) is 29.8 Å². The maximum atomic E-state index is 12.2. The van der Waals surface area contributed by atoms with Crippen LogP contribution in [0.4, 0.5) is 4.79 Å². The van der Waals surface area contributed by atoms with E-state index < -0.39 is 6.09 Å². The van der Waals surface area contributed by atoms with Gasteiger partial charge in [0.15, 0.2) is 13.2 Å². The van der Waals surface area contributed by atoms with E-state index in [2.05, 4.69) is 0 Å². The number of nitrogens with zero attached hydrogens (tertiary/aromatic N) is 2. The summed E-state index contributed by atoms with van der Waals surface area (Å²) in [6.45, 7) is 2.51. The summed E-state index contributed by atoms with van der Waals surface area (Å²) in [6.07, 6.45) is -0.0536. The summed E-state index contributed by atoms with van der Waals surface area (Å²) >= 11 is 0. The molecule has 3 amide bonds. The third-order valence-electron chi connectivity index (χ3n) is 4.02. The van der Waals surface area contributed by atoms with Crippen LogP contribution in [0.15, 0.2) is 24.3 Å². The molecule has 7 heteroatoms. The van der Waals surface area contributed by atoms with Crippen molar-refractivity contribution in [2.45, 2.75) is 19.4 Å². The van der Waals surface area contributed by atoms with E-state index in [9.17, 15) is 14.4 Å². The van der Waals surface area contributed by atoms with Crippen molar-refractivity contribution in [3.8, 4) is 5.75 Å². The van der Waals surface area contributed by atoms with Crippen molar-refractivity contribution < 1.29 is 23.9 Å². The predicted octanol–water partition coefficient (Wildman–Crippen LogP) is 0.954. The van der Waals surface area contributed by atoms with E-state index in [1.165, 1.54) is 0 Å². The number of carbonyl (C=O) groups excluding carboxylic acids is 3. The van der Waals surface area contributed by atoms with Crippen LogP contribution in [0.3, 0.4) is 0 Å². The van der Waals surface area contributed by atoms with Crippen LogP contribution in [0.2, 0.25) is 0 Å². The van der Waals surface area contributed by atoms with Crippen LogP contribution in [0.25, 0.3) is 0 Å². The van der Waals surface area contributed by atoms with Gasteiger partial charge < -0.3 is 14.4 Å². The molecule has 1 aromatic carbocycles. The highest BCUT2D eigenvalue weighted by Crippen LogP contribution is 2.20. The van der Waals surface area contributed by atoms with E-state index in [-0.39, 0.29) is 31.1 Å². The van der Waals surface area contributed by atoms with Gasteiger partial charge in [-0.1, -0.05) is 12.1 Å². The van der Waals surface area contributed by atoms with Crippen molar-refractivity contribution in [2.24, 2.45) is 0 Å². The number of imide groups is 1. The molecule has 122 valence electrons. The van der Waals surface area contributed by atoms with Crippen LogP contribution in [0.1, 0.15) is 12.0 Å². The first kappa shape index (κ1) is 15.3. The average Bonchev–Trinajstić information content (AvgIpc) is 3.12. The van der Waals surface area contributed by atoms with Gasteiger partial charge in [0.2, 0.25) is 0 Å². The quantitative estimate of drug-likeness (QED) is 0.826. The van der Waals surface area contributed by atoms with Crippen LogP contribution in [-0.2, 0) is 14.3 Å². The molecular formula is C16H18N2O5. The molecule has 23 heavy (non-hydrogen) atoms. The highest BCUT2D eigenvalue weighted by Gasteiger charge is 2.41. The molecule has 1 unspecified atom stereocenters. The molecule has 0 N–H and O–H groups in total. The number of carbonyl (C=O) groups is 3. The number of hydrogen-bond acceptors (Lipinski definition) is 5. The Morgan fingerprint density at radius 2 is 2.22 bits per heavy atom. The second kappa shape index (κ2) is 6.28. The monoisotopic (exact) mass is 318 g/mol. The number of benzene rings is 1. The molecule has 2 saturated heterocycles. The Kier molecular flexibility index (Phi) is 4.18. The number of aryl methyl sites for hydroxylation is 1. The molecule has 2 heterocycles. The zero-order valence-corrected chi connectivity index (χ0v) is 12.9. The lowest BCUT2D eigenvalue weighted by molar-refractivity contribution is -0.133. The van der Waals surface area contributed by atoms with E-state index in [4.69, 9.17) is 9.47 Å². The minimum absolute atomic E-state index is 0.0609. The summed E-state index contributed by atoms with van der Waals surface area (Å²) in [7, 11) is 0. The summed E-state index contributed by atoms with van der Waals surface area (Å²) in [5, 5.41) is 0. The van der Waals surface area contributed by atoms with Gasteiger partial charge in [-0.25, -0.2) is 9.69 Å². The van der Waals surface area contributed by atoms with Gasteiger partial charge in [0, 0.05) is 13.1 Å². The number of cyclic esters (lactones) is 1. The molecule has 0 bridgehead atoms. The van der Waals surface area contributed by atoms with E-state index in [0.29, 0.717) is 25.3 Å². The molecule has 2 aliphatic heterocycles. The molecule has 0 spiro atoms. The summed E-state index contributed by atoms with van der Waals surface area (Å²) in [4.78, 5) is 38.1. The van der Waals surface area contributed by atoms with Gasteiger partial charge in [-0.3, -0.25) is 9.59 Å². The molecule has 3 rings (SSSR count). The zero-order valence-electron chi connectivity index (χ0n) is 12.9. The Balaban J connectivity index is 1.53. The highest BCUT2D eigenvalue weighted by molar-refractivity contribution is 5.98. The fourth-order valence-electron chi connectivity index (χ4n) is 2.84. The van der Waals surface area contributed by atoms with Crippen LogP contribution in [0.5, 0.6) is 5.75 Å². The first-order valence-corrected chi connectivity index (χ1v) is 7.50. The van der Waals surface area contributed by atoms with Gasteiger partial charge in [0.1, 0.15) is 5.75 Å². The van der Waals surface area contributed by atoms with Gasteiger partial charge >= 0.3 is 6.09 Å². The summed E-state index contributed by atoms with van der Waals surface area (Å²) in [6, 6.07) is 7.17. The normalized spacial score (nSPS) is 20.8. The minimum atomic E-state index is -0.620. The number of hydrogen-bond donors (Lipinski definition) is 0. The molecule has 2 fully saturated rings. The largest absolute Gasteiger partial charge is 0.484 e. The summed E-state index contributed by atoms with van der Waals surface area (Å²) in [5.41, 5.74) is 1.06. The first-order valence-electron chi connectivity index (χ1n) is 7.50. The molecule has 1 atom stereocenters. The Bertz CT molecular complexity index is 629. The predicted molar refractivity (Wildman–Crippen MR) is 79.9 cm³/mol. The molecule has 2 aliphatic rings. The molecule has 1 aromatic rings. The standard InChI is InChI=1S/C16H18N2O5/c1-11-3-2-4-13(7-11)22-9-14(19)17-6-5-12(8-17)18-15(20)10-23-16(18)21/h2-4,7,12H,5-6,8-10H2,1H3. The topological polar surface area (TPSA) is 76.2 Å². The Morgan fingerprint density at radius 3 is 2.91 bits per heavy atom. The number of amides is 3. The van der Waals surface area contributed by atoms with Crippen LogP contribution in [0, 0.1) is 6.92 Å². The number of likely N-dealkylation sites (tertiary alicyclic amines) is 1. The molecule has 0 saturated carbocycles. The molecule has 0 radical (unpaired) electrons. The van der Waals surface area contributed by atoms with Gasteiger partial charge in [-0.2, -0.15) is 0 Å². The van der Waals surface area contributed by atoms with E-state index in [1.807, 2.05) is 25.1 Å². The summed E-state index contributed by atoms with van der Waals surface area (Å²) < 4.78 is 10.2. The zero-order chi connectivity index (χ0) is 16.4. The first-order chi connectivity index (χ1) is 11.0. The van der Waals surface area contributed by atoms with Gasteiger partial charge in [0.05, 0.1) is 6.04 Å². The summed E-state index contributed by atoms with van der Waals surface area (Å²) in [5.74, 6) is 0.145. The van der Waals surface area contributed by atoms with Gasteiger partial charge in [-0.15, -0.1) is 0 Å². The van der Waals surface area contributed by atoms with Crippen molar-refractivity contribution in [1.29, 1.82) is 0 Å². The Labute approximate surface area is 133 Å². The second-order valence-electron chi connectivity index (χ2n) is 5.71. The van der Waals surface area contributed by atoms with Crippen LogP contribution < -0.4 is 4.74 Å². The van der Waals surface area contributed by atoms with Gasteiger partial charge in [0.25, 0.3) is 11.8 Å². The fourth-order valence-corrected chi connectivity index (χ4v) is 2.84. The third kappa shape index (κ3) is 3.28. The SMILES string of the molecule is Cc1cccc(OCC(=O)N2CCC(N3C(=O)COC3=O)C2)c1. The fraction of sp³-hybridized carbons (Fsp3) is 0.438. The van der Waals surface area contributed by atoms with Crippen molar-refractivity contribution >= 4 is 17.9 Å². The maximum absolute atomic E-state index is 12.2. The molecular weight excluding hydrogens is 300 g/mol. The Morgan fingerprint density at radius 1 is 1.39 bits per heavy atom. The van der Waals surface area contributed by atoms with E-state index in [0.717, 1.165) is 10.5 Å². The van der Waals surface area contributed by atoms with Crippen molar-refractivity contribution in [1.82, 2.24) is 9.80 Å². The van der Waals surface area contributed by atoms with Crippen molar-refractivity contribution in [3.63, 3.8) is 0 Å². The maximum Gasteiger partial charge on any atom is 0.417 e.